The Labute approximate surface area is 104 Å². The van der Waals surface area contributed by atoms with Crippen molar-refractivity contribution in [3.63, 3.8) is 0 Å². The molecule has 0 saturated heterocycles. The molecule has 2 rings (SSSR count). The number of nitrogens with one attached hydrogen (secondary N) is 1. The molecule has 0 fully saturated rings. The number of carbonyl (C=O) groups is 2. The van der Waals surface area contributed by atoms with Crippen LogP contribution in [0, 0.1) is 5.92 Å². The van der Waals surface area contributed by atoms with Crippen LogP contribution in [0.4, 0.5) is 0 Å². The van der Waals surface area contributed by atoms with Crippen LogP contribution in [-0.2, 0) is 11.3 Å². The molecule has 0 aromatic carbocycles. The van der Waals surface area contributed by atoms with Gasteiger partial charge in [-0.3, -0.25) is 4.79 Å². The number of aromatic carboxylic acids is 1. The predicted octanol–water partition coefficient (Wildman–Crippen LogP) is 1.35. The van der Waals surface area contributed by atoms with Gasteiger partial charge in [-0.1, -0.05) is 12.2 Å². The van der Waals surface area contributed by atoms with Crippen LogP contribution >= 0.6 is 0 Å². The van der Waals surface area contributed by atoms with E-state index in [4.69, 9.17) is 9.52 Å². The number of aromatic nitrogens is 1. The first-order chi connectivity index (χ1) is 8.66. The van der Waals surface area contributed by atoms with Crippen molar-refractivity contribution in [2.45, 2.75) is 25.8 Å². The molecule has 1 aliphatic carbocycles. The molecule has 1 heterocycles. The largest absolute Gasteiger partial charge is 0.476 e. The third-order valence-corrected chi connectivity index (χ3v) is 2.82. The second-order valence-corrected chi connectivity index (χ2v) is 4.13. The smallest absolute Gasteiger partial charge is 0.357 e. The third kappa shape index (κ3) is 2.97. The molecule has 1 atom stereocenters. The van der Waals surface area contributed by atoms with E-state index in [0.717, 1.165) is 25.5 Å². The van der Waals surface area contributed by atoms with Crippen molar-refractivity contribution in [1.29, 1.82) is 0 Å². The molecule has 96 valence electrons. The molecule has 1 aromatic rings. The van der Waals surface area contributed by atoms with E-state index in [-0.39, 0.29) is 30.0 Å². The van der Waals surface area contributed by atoms with Gasteiger partial charge < -0.3 is 14.8 Å². The Hall–Kier alpha value is -2.11. The number of nitrogens with zero attached hydrogens (tertiary/aromatic N) is 1. The number of carboxylic acids is 1. The topological polar surface area (TPSA) is 92.4 Å². The fraction of sp³-hybridized carbons (Fsp3) is 0.417. The molecule has 1 aliphatic rings. The van der Waals surface area contributed by atoms with E-state index in [9.17, 15) is 9.59 Å². The quantitative estimate of drug-likeness (QED) is 0.787. The molecule has 0 radical (unpaired) electrons. The summed E-state index contributed by atoms with van der Waals surface area (Å²) in [6, 6.07) is 0. The van der Waals surface area contributed by atoms with Crippen LogP contribution in [-0.4, -0.2) is 22.0 Å². The molecule has 0 bridgehead atoms. The Kier molecular flexibility index (Phi) is 3.76. The Morgan fingerprint density at radius 2 is 2.33 bits per heavy atom. The number of allylic oxidation sites excluding steroid dienone is 2. The zero-order valence-corrected chi connectivity index (χ0v) is 9.76. The van der Waals surface area contributed by atoms with Crippen LogP contribution in [0.2, 0.25) is 0 Å². The second-order valence-electron chi connectivity index (χ2n) is 4.13. The van der Waals surface area contributed by atoms with Gasteiger partial charge in [0, 0.05) is 5.92 Å². The highest BCUT2D eigenvalue weighted by atomic mass is 16.4. The van der Waals surface area contributed by atoms with E-state index in [1.54, 1.807) is 0 Å². The van der Waals surface area contributed by atoms with Crippen LogP contribution in [0.5, 0.6) is 0 Å². The van der Waals surface area contributed by atoms with Gasteiger partial charge in [-0.2, -0.15) is 0 Å². The summed E-state index contributed by atoms with van der Waals surface area (Å²) in [7, 11) is 0. The van der Waals surface area contributed by atoms with Gasteiger partial charge >= 0.3 is 5.97 Å². The molecule has 2 N–H and O–H groups in total. The van der Waals surface area contributed by atoms with Crippen molar-refractivity contribution in [3.05, 3.63) is 30.0 Å². The van der Waals surface area contributed by atoms with E-state index in [1.807, 2.05) is 6.08 Å². The lowest BCUT2D eigenvalue weighted by atomic mass is 9.94. The van der Waals surface area contributed by atoms with Crippen LogP contribution in [0.25, 0.3) is 0 Å². The van der Waals surface area contributed by atoms with Crippen molar-refractivity contribution in [1.82, 2.24) is 10.3 Å². The zero-order valence-electron chi connectivity index (χ0n) is 9.76. The summed E-state index contributed by atoms with van der Waals surface area (Å²) in [5.74, 6) is -1.00. The summed E-state index contributed by atoms with van der Waals surface area (Å²) in [5, 5.41) is 11.4. The molecule has 18 heavy (non-hydrogen) atoms. The van der Waals surface area contributed by atoms with Crippen molar-refractivity contribution >= 4 is 11.9 Å². The van der Waals surface area contributed by atoms with Gasteiger partial charge in [-0.25, -0.2) is 9.78 Å². The van der Waals surface area contributed by atoms with Crippen LogP contribution in [0.1, 0.15) is 35.6 Å². The standard InChI is InChI=1S/C12H14N2O4/c15-11(8-4-2-1-3-5-8)13-6-10-14-9(7-18-10)12(16)17/h1-2,7-8H,3-6H2,(H,13,15)(H,16,17)/t8-/m0/s1. The van der Waals surface area contributed by atoms with Crippen molar-refractivity contribution in [2.75, 3.05) is 0 Å². The molecule has 6 heteroatoms. The maximum absolute atomic E-state index is 11.8. The SMILES string of the molecule is O=C(O)c1coc(CNC(=O)[C@H]2CC=CCC2)n1. The zero-order chi connectivity index (χ0) is 13.0. The Balaban J connectivity index is 1.85. The number of carboxylic acid groups (broad SMARTS) is 1. The number of carbonyl (C=O) groups excluding carboxylic acids is 1. The maximum atomic E-state index is 11.8. The molecule has 6 nitrogen and oxygen atoms in total. The normalized spacial score (nSPS) is 18.6. The summed E-state index contributed by atoms with van der Waals surface area (Å²) in [6.45, 7) is 0.117. The molecule has 1 amide bonds. The molecular formula is C12H14N2O4. The summed E-state index contributed by atoms with van der Waals surface area (Å²) in [4.78, 5) is 26.1. The molecule has 0 aliphatic heterocycles. The lowest BCUT2D eigenvalue weighted by molar-refractivity contribution is -0.125. The van der Waals surface area contributed by atoms with Crippen LogP contribution in [0.15, 0.2) is 22.8 Å². The number of rotatable bonds is 4. The molecule has 1 aromatic heterocycles. The summed E-state index contributed by atoms with van der Waals surface area (Å²) in [6.07, 6.45) is 7.64. The molecule has 0 saturated carbocycles. The van der Waals surface area contributed by atoms with E-state index in [1.165, 1.54) is 0 Å². The molecule has 0 unspecified atom stereocenters. The highest BCUT2D eigenvalue weighted by Gasteiger charge is 2.19. The fourth-order valence-electron chi connectivity index (χ4n) is 1.83. The van der Waals surface area contributed by atoms with E-state index >= 15 is 0 Å². The van der Waals surface area contributed by atoms with Gasteiger partial charge in [0.05, 0.1) is 6.54 Å². The Bertz CT molecular complexity index is 478. The second kappa shape index (κ2) is 5.48. The minimum atomic E-state index is -1.14. The van der Waals surface area contributed by atoms with Gasteiger partial charge in [-0.05, 0) is 19.3 Å². The number of amides is 1. The fourth-order valence-corrected chi connectivity index (χ4v) is 1.83. The highest BCUT2D eigenvalue weighted by Crippen LogP contribution is 2.18. The third-order valence-electron chi connectivity index (χ3n) is 2.82. The number of hydrogen-bond acceptors (Lipinski definition) is 4. The predicted molar refractivity (Wildman–Crippen MR) is 61.8 cm³/mol. The lowest BCUT2D eigenvalue weighted by Crippen LogP contribution is -2.30. The van der Waals surface area contributed by atoms with E-state index < -0.39 is 5.97 Å². The van der Waals surface area contributed by atoms with E-state index in [2.05, 4.69) is 16.4 Å². The first-order valence-corrected chi connectivity index (χ1v) is 5.77. The summed E-state index contributed by atoms with van der Waals surface area (Å²) in [5.41, 5.74) is -0.153. The van der Waals surface area contributed by atoms with Gasteiger partial charge in [0.25, 0.3) is 0 Å². The minimum Gasteiger partial charge on any atom is -0.476 e. The summed E-state index contributed by atoms with van der Waals surface area (Å²) >= 11 is 0. The average Bonchev–Trinajstić information content (AvgIpc) is 2.86. The lowest BCUT2D eigenvalue weighted by Gasteiger charge is -2.16. The molecule has 0 spiro atoms. The van der Waals surface area contributed by atoms with Gasteiger partial charge in [-0.15, -0.1) is 0 Å². The summed E-state index contributed by atoms with van der Waals surface area (Å²) < 4.78 is 4.94. The Morgan fingerprint density at radius 3 is 2.94 bits per heavy atom. The Morgan fingerprint density at radius 1 is 1.50 bits per heavy atom. The monoisotopic (exact) mass is 250 g/mol. The van der Waals surface area contributed by atoms with Crippen LogP contribution in [0.3, 0.4) is 0 Å². The van der Waals surface area contributed by atoms with Crippen molar-refractivity contribution < 1.29 is 19.1 Å². The first-order valence-electron chi connectivity index (χ1n) is 5.77. The van der Waals surface area contributed by atoms with Gasteiger partial charge in [0.2, 0.25) is 11.8 Å². The maximum Gasteiger partial charge on any atom is 0.357 e. The average molecular weight is 250 g/mol. The molecular weight excluding hydrogens is 236 g/mol. The number of hydrogen-bond donors (Lipinski definition) is 2. The van der Waals surface area contributed by atoms with Gasteiger partial charge in [0.1, 0.15) is 6.26 Å². The number of oxazole rings is 1. The van der Waals surface area contributed by atoms with Crippen molar-refractivity contribution in [3.8, 4) is 0 Å². The van der Waals surface area contributed by atoms with Gasteiger partial charge in [0.15, 0.2) is 5.69 Å². The van der Waals surface area contributed by atoms with E-state index in [0.29, 0.717) is 0 Å². The van der Waals surface area contributed by atoms with Crippen LogP contribution < -0.4 is 5.32 Å². The highest BCUT2D eigenvalue weighted by molar-refractivity contribution is 5.84. The first kappa shape index (κ1) is 12.3. The minimum absolute atomic E-state index is 0.0103. The van der Waals surface area contributed by atoms with Crippen molar-refractivity contribution in [2.24, 2.45) is 5.92 Å².